The van der Waals surface area contributed by atoms with Crippen LogP contribution < -0.4 is 16.0 Å². The van der Waals surface area contributed by atoms with Gasteiger partial charge in [-0.1, -0.05) is 12.8 Å². The predicted molar refractivity (Wildman–Crippen MR) is 80.5 cm³/mol. The molecule has 1 aliphatic carbocycles. The lowest BCUT2D eigenvalue weighted by molar-refractivity contribution is -0.139. The van der Waals surface area contributed by atoms with Crippen LogP contribution in [-0.2, 0) is 16.1 Å². The van der Waals surface area contributed by atoms with Gasteiger partial charge in [-0.05, 0) is 25.0 Å². The molecule has 0 aliphatic heterocycles. The van der Waals surface area contributed by atoms with Crippen molar-refractivity contribution in [3.63, 3.8) is 0 Å². The highest BCUT2D eigenvalue weighted by atomic mass is 16.4. The molecule has 0 atom stereocenters. The van der Waals surface area contributed by atoms with E-state index in [4.69, 9.17) is 9.52 Å². The van der Waals surface area contributed by atoms with Crippen LogP contribution in [-0.4, -0.2) is 35.1 Å². The second-order valence-corrected chi connectivity index (χ2v) is 5.72. The molecule has 4 N–H and O–H groups in total. The predicted octanol–water partition coefficient (Wildman–Crippen LogP) is 0.982. The number of carbonyl (C=O) groups is 3. The second-order valence-electron chi connectivity index (χ2n) is 5.72. The number of aliphatic carboxylic acids is 1. The number of amides is 3. The van der Waals surface area contributed by atoms with E-state index in [1.165, 1.54) is 6.26 Å². The maximum absolute atomic E-state index is 12.0. The highest BCUT2D eigenvalue weighted by Gasteiger charge is 2.37. The molecule has 0 bridgehead atoms. The zero-order valence-corrected chi connectivity index (χ0v) is 12.8. The fourth-order valence-electron chi connectivity index (χ4n) is 2.83. The highest BCUT2D eigenvalue weighted by Crippen LogP contribution is 2.32. The monoisotopic (exact) mass is 323 g/mol. The molecule has 0 saturated heterocycles. The Labute approximate surface area is 133 Å². The molecular formula is C15H21N3O5. The molecule has 23 heavy (non-hydrogen) atoms. The lowest BCUT2D eigenvalue weighted by Crippen LogP contribution is -2.51. The molecule has 2 rings (SSSR count). The number of urea groups is 1. The van der Waals surface area contributed by atoms with Crippen LogP contribution in [0.15, 0.2) is 22.8 Å². The minimum absolute atomic E-state index is 0.0938. The number of hydrogen-bond donors (Lipinski definition) is 4. The highest BCUT2D eigenvalue weighted by molar-refractivity contribution is 5.84. The summed E-state index contributed by atoms with van der Waals surface area (Å²) in [5.41, 5.74) is -0.685. The summed E-state index contributed by atoms with van der Waals surface area (Å²) in [5, 5.41) is 16.8. The summed E-state index contributed by atoms with van der Waals surface area (Å²) in [6, 6.07) is 2.95. The normalized spacial score (nSPS) is 15.8. The first kappa shape index (κ1) is 16.9. The van der Waals surface area contributed by atoms with Crippen LogP contribution in [0, 0.1) is 0 Å². The molecule has 3 amide bonds. The number of carboxylic acids is 1. The Balaban J connectivity index is 1.73. The lowest BCUT2D eigenvalue weighted by Gasteiger charge is -2.28. The summed E-state index contributed by atoms with van der Waals surface area (Å²) in [6.07, 6.45) is 4.50. The van der Waals surface area contributed by atoms with Crippen LogP contribution in [0.4, 0.5) is 4.79 Å². The molecule has 0 unspecified atom stereocenters. The molecule has 0 aromatic carbocycles. The minimum atomic E-state index is -0.934. The number of nitrogens with one attached hydrogen (secondary N) is 3. The molecule has 1 aromatic heterocycles. The first-order chi connectivity index (χ1) is 11.0. The van der Waals surface area contributed by atoms with Gasteiger partial charge >= 0.3 is 12.0 Å². The van der Waals surface area contributed by atoms with Crippen molar-refractivity contribution in [1.82, 2.24) is 16.0 Å². The van der Waals surface area contributed by atoms with Crippen molar-refractivity contribution < 1.29 is 23.9 Å². The van der Waals surface area contributed by atoms with Crippen molar-refractivity contribution >= 4 is 17.9 Å². The van der Waals surface area contributed by atoms with Crippen molar-refractivity contribution in [2.24, 2.45) is 0 Å². The average molecular weight is 323 g/mol. The Morgan fingerprint density at radius 2 is 1.96 bits per heavy atom. The van der Waals surface area contributed by atoms with Gasteiger partial charge in [0, 0.05) is 0 Å². The maximum atomic E-state index is 12.0. The van der Waals surface area contributed by atoms with Gasteiger partial charge in [0.25, 0.3) is 0 Å². The van der Waals surface area contributed by atoms with E-state index in [0.29, 0.717) is 18.6 Å². The largest absolute Gasteiger partial charge is 0.481 e. The lowest BCUT2D eigenvalue weighted by atomic mass is 9.93. The number of hydrogen-bond acceptors (Lipinski definition) is 4. The van der Waals surface area contributed by atoms with Gasteiger partial charge in [0.2, 0.25) is 5.91 Å². The van der Waals surface area contributed by atoms with Gasteiger partial charge in [-0.3, -0.25) is 9.59 Å². The van der Waals surface area contributed by atoms with Gasteiger partial charge in [0.1, 0.15) is 5.76 Å². The van der Waals surface area contributed by atoms with Gasteiger partial charge in [-0.15, -0.1) is 0 Å². The molecule has 1 aromatic rings. The summed E-state index contributed by atoms with van der Waals surface area (Å²) in [5.74, 6) is -0.714. The number of rotatable bonds is 7. The van der Waals surface area contributed by atoms with Gasteiger partial charge < -0.3 is 25.5 Å². The smallest absolute Gasteiger partial charge is 0.315 e. The molecule has 8 heteroatoms. The van der Waals surface area contributed by atoms with E-state index in [1.807, 2.05) is 0 Å². The molecule has 1 saturated carbocycles. The quantitative estimate of drug-likeness (QED) is 0.596. The van der Waals surface area contributed by atoms with E-state index in [0.717, 1.165) is 12.8 Å². The van der Waals surface area contributed by atoms with E-state index in [2.05, 4.69) is 16.0 Å². The van der Waals surface area contributed by atoms with Crippen molar-refractivity contribution in [3.8, 4) is 0 Å². The Morgan fingerprint density at radius 1 is 1.22 bits per heavy atom. The molecular weight excluding hydrogens is 302 g/mol. The van der Waals surface area contributed by atoms with Crippen molar-refractivity contribution in [1.29, 1.82) is 0 Å². The van der Waals surface area contributed by atoms with Crippen molar-refractivity contribution in [3.05, 3.63) is 24.2 Å². The zero-order chi connectivity index (χ0) is 16.7. The van der Waals surface area contributed by atoms with Gasteiger partial charge in [-0.2, -0.15) is 0 Å². The molecule has 8 nitrogen and oxygen atoms in total. The van der Waals surface area contributed by atoms with E-state index in [-0.39, 0.29) is 25.4 Å². The SMILES string of the molecule is O=C(O)CC1(NC(=O)CNC(=O)NCc2ccco2)CCCC1. The van der Waals surface area contributed by atoms with Gasteiger partial charge in [0.15, 0.2) is 0 Å². The Morgan fingerprint density at radius 3 is 2.57 bits per heavy atom. The molecule has 1 fully saturated rings. The van der Waals surface area contributed by atoms with E-state index < -0.39 is 17.5 Å². The van der Waals surface area contributed by atoms with Crippen LogP contribution in [0.5, 0.6) is 0 Å². The van der Waals surface area contributed by atoms with E-state index in [1.54, 1.807) is 12.1 Å². The molecule has 1 aliphatic rings. The average Bonchev–Trinajstić information content (AvgIpc) is 3.14. The van der Waals surface area contributed by atoms with Crippen LogP contribution in [0.25, 0.3) is 0 Å². The third-order valence-corrected chi connectivity index (χ3v) is 3.87. The van der Waals surface area contributed by atoms with E-state index in [9.17, 15) is 14.4 Å². The summed E-state index contributed by atoms with van der Waals surface area (Å²) in [4.78, 5) is 34.5. The third-order valence-electron chi connectivity index (χ3n) is 3.87. The Kier molecular flexibility index (Phi) is 5.61. The summed E-state index contributed by atoms with van der Waals surface area (Å²) < 4.78 is 5.07. The molecule has 1 heterocycles. The fourth-order valence-corrected chi connectivity index (χ4v) is 2.83. The Bertz CT molecular complexity index is 549. The van der Waals surface area contributed by atoms with Gasteiger partial charge in [-0.25, -0.2) is 4.79 Å². The first-order valence-corrected chi connectivity index (χ1v) is 7.56. The molecule has 0 radical (unpaired) electrons. The molecule has 0 spiro atoms. The topological polar surface area (TPSA) is 121 Å². The van der Waals surface area contributed by atoms with Crippen LogP contribution >= 0.6 is 0 Å². The van der Waals surface area contributed by atoms with Crippen molar-refractivity contribution in [2.45, 2.75) is 44.2 Å². The number of carbonyl (C=O) groups excluding carboxylic acids is 2. The maximum Gasteiger partial charge on any atom is 0.315 e. The number of carboxylic acid groups (broad SMARTS) is 1. The third kappa shape index (κ3) is 5.32. The van der Waals surface area contributed by atoms with Crippen LogP contribution in [0.2, 0.25) is 0 Å². The summed E-state index contributed by atoms with van der Waals surface area (Å²) in [7, 11) is 0. The van der Waals surface area contributed by atoms with Crippen LogP contribution in [0.1, 0.15) is 37.9 Å². The fraction of sp³-hybridized carbons (Fsp3) is 0.533. The van der Waals surface area contributed by atoms with E-state index >= 15 is 0 Å². The standard InChI is InChI=1S/C15H21N3O5/c19-12(18-15(8-13(20)21)5-1-2-6-15)10-17-14(22)16-9-11-4-3-7-23-11/h3-4,7H,1-2,5-6,8-10H2,(H,18,19)(H,20,21)(H2,16,17,22). The molecule has 126 valence electrons. The van der Waals surface area contributed by atoms with Gasteiger partial charge in [0.05, 0.1) is 31.3 Å². The number of furan rings is 1. The summed E-state index contributed by atoms with van der Waals surface area (Å²) in [6.45, 7) is 0.0226. The zero-order valence-electron chi connectivity index (χ0n) is 12.8. The summed E-state index contributed by atoms with van der Waals surface area (Å²) >= 11 is 0. The first-order valence-electron chi connectivity index (χ1n) is 7.56. The van der Waals surface area contributed by atoms with Crippen LogP contribution in [0.3, 0.4) is 0 Å². The van der Waals surface area contributed by atoms with Crippen molar-refractivity contribution in [2.75, 3.05) is 6.54 Å². The Hall–Kier alpha value is -2.51. The second kappa shape index (κ2) is 7.66. The minimum Gasteiger partial charge on any atom is -0.481 e.